The van der Waals surface area contributed by atoms with E-state index >= 15 is 0 Å². The van der Waals surface area contributed by atoms with E-state index in [2.05, 4.69) is 0 Å². The maximum atomic E-state index is 11.9. The molecule has 4 heteroatoms. The number of aromatic hydroxyl groups is 1. The van der Waals surface area contributed by atoms with Crippen molar-refractivity contribution in [2.45, 2.75) is 11.8 Å². The first-order valence-corrected chi connectivity index (χ1v) is 5.33. The van der Waals surface area contributed by atoms with E-state index in [0.29, 0.717) is 18.7 Å². The van der Waals surface area contributed by atoms with Crippen LogP contribution in [0.4, 0.5) is 0 Å². The van der Waals surface area contributed by atoms with E-state index in [1.54, 1.807) is 23.1 Å². The number of carbonyl (C=O) groups excluding carboxylic acids is 1. The van der Waals surface area contributed by atoms with E-state index in [-0.39, 0.29) is 17.0 Å². The number of phenols is 1. The Morgan fingerprint density at radius 1 is 1.53 bits per heavy atom. The minimum Gasteiger partial charge on any atom is -0.508 e. The van der Waals surface area contributed by atoms with Crippen LogP contribution >= 0.6 is 11.6 Å². The van der Waals surface area contributed by atoms with Gasteiger partial charge in [-0.05, 0) is 24.6 Å². The Hall–Kier alpha value is -1.22. The fraction of sp³-hybridized carbons (Fsp3) is 0.364. The van der Waals surface area contributed by atoms with Gasteiger partial charge in [0, 0.05) is 18.7 Å². The number of benzene rings is 1. The van der Waals surface area contributed by atoms with Crippen LogP contribution in [0.2, 0.25) is 0 Å². The summed E-state index contributed by atoms with van der Waals surface area (Å²) in [5.41, 5.74) is 0.515. The number of rotatable bonds is 1. The van der Waals surface area contributed by atoms with Gasteiger partial charge in [-0.15, -0.1) is 11.6 Å². The summed E-state index contributed by atoms with van der Waals surface area (Å²) in [7, 11) is 0. The van der Waals surface area contributed by atoms with Crippen molar-refractivity contribution in [3.63, 3.8) is 0 Å². The summed E-state index contributed by atoms with van der Waals surface area (Å²) < 4.78 is 0. The van der Waals surface area contributed by atoms with Crippen LogP contribution in [0.25, 0.3) is 0 Å². The minimum absolute atomic E-state index is 0.0611. The van der Waals surface area contributed by atoms with Crippen molar-refractivity contribution in [3.05, 3.63) is 29.8 Å². The number of halogens is 1. The standard InChI is InChI=1S/C11H12ClNO2/c12-9-4-5-13(7-9)11(15)8-2-1-3-10(14)6-8/h1-3,6,9,14H,4-5,7H2. The van der Waals surface area contributed by atoms with Crippen molar-refractivity contribution in [2.24, 2.45) is 0 Å². The Morgan fingerprint density at radius 2 is 2.33 bits per heavy atom. The Kier molecular flexibility index (Phi) is 2.82. The lowest BCUT2D eigenvalue weighted by Crippen LogP contribution is -2.28. The van der Waals surface area contributed by atoms with Crippen LogP contribution in [0.3, 0.4) is 0 Å². The van der Waals surface area contributed by atoms with Gasteiger partial charge in [0.15, 0.2) is 0 Å². The predicted molar refractivity (Wildman–Crippen MR) is 58.3 cm³/mol. The van der Waals surface area contributed by atoms with Crippen molar-refractivity contribution >= 4 is 17.5 Å². The normalized spacial score (nSPS) is 20.6. The molecule has 1 atom stereocenters. The maximum Gasteiger partial charge on any atom is 0.254 e. The summed E-state index contributed by atoms with van der Waals surface area (Å²) in [4.78, 5) is 13.6. The molecule has 1 aromatic carbocycles. The zero-order valence-electron chi connectivity index (χ0n) is 8.19. The van der Waals surface area contributed by atoms with Crippen molar-refractivity contribution < 1.29 is 9.90 Å². The average Bonchev–Trinajstić information content (AvgIpc) is 2.64. The monoisotopic (exact) mass is 225 g/mol. The molecule has 3 nitrogen and oxygen atoms in total. The molecule has 1 amide bonds. The molecule has 0 spiro atoms. The Bertz CT molecular complexity index is 381. The molecule has 1 N–H and O–H groups in total. The Balaban J connectivity index is 2.14. The third-order valence-electron chi connectivity index (χ3n) is 2.51. The number of alkyl halides is 1. The molecule has 80 valence electrons. The summed E-state index contributed by atoms with van der Waals surface area (Å²) >= 11 is 5.93. The minimum atomic E-state index is -0.0611. The largest absolute Gasteiger partial charge is 0.508 e. The molecule has 1 unspecified atom stereocenters. The molecule has 1 heterocycles. The molecule has 2 rings (SSSR count). The molecule has 1 aliphatic rings. The highest BCUT2D eigenvalue weighted by Crippen LogP contribution is 2.19. The van der Waals surface area contributed by atoms with Crippen LogP contribution < -0.4 is 0 Å². The van der Waals surface area contributed by atoms with Crippen LogP contribution in [0, 0.1) is 0 Å². The second-order valence-corrected chi connectivity index (χ2v) is 4.30. The number of likely N-dealkylation sites (tertiary alicyclic amines) is 1. The number of amides is 1. The summed E-state index contributed by atoms with van der Waals surface area (Å²) in [6.45, 7) is 1.29. The highest BCUT2D eigenvalue weighted by Gasteiger charge is 2.25. The van der Waals surface area contributed by atoms with Gasteiger partial charge in [0.05, 0.1) is 5.38 Å². The van der Waals surface area contributed by atoms with Gasteiger partial charge in [0.25, 0.3) is 5.91 Å². The topological polar surface area (TPSA) is 40.5 Å². The molecule has 1 fully saturated rings. The number of nitrogens with zero attached hydrogens (tertiary/aromatic N) is 1. The van der Waals surface area contributed by atoms with Gasteiger partial charge in [-0.1, -0.05) is 6.07 Å². The number of hydrogen-bond donors (Lipinski definition) is 1. The number of carbonyl (C=O) groups is 1. The fourth-order valence-electron chi connectivity index (χ4n) is 1.72. The van der Waals surface area contributed by atoms with Crippen LogP contribution in [0.5, 0.6) is 5.75 Å². The van der Waals surface area contributed by atoms with Crippen LogP contribution in [0.1, 0.15) is 16.8 Å². The zero-order chi connectivity index (χ0) is 10.8. The molecule has 1 aliphatic heterocycles. The first-order chi connectivity index (χ1) is 7.16. The lowest BCUT2D eigenvalue weighted by atomic mass is 10.2. The predicted octanol–water partition coefficient (Wildman–Crippen LogP) is 1.85. The van der Waals surface area contributed by atoms with Gasteiger partial charge in [-0.25, -0.2) is 0 Å². The van der Waals surface area contributed by atoms with Crippen molar-refractivity contribution in [2.75, 3.05) is 13.1 Å². The number of hydrogen-bond acceptors (Lipinski definition) is 2. The van der Waals surface area contributed by atoms with E-state index in [1.807, 2.05) is 0 Å². The summed E-state index contributed by atoms with van der Waals surface area (Å²) in [5, 5.41) is 9.32. The number of phenolic OH excluding ortho intramolecular Hbond substituents is 1. The lowest BCUT2D eigenvalue weighted by Gasteiger charge is -2.15. The van der Waals surface area contributed by atoms with Gasteiger partial charge in [-0.2, -0.15) is 0 Å². The lowest BCUT2D eigenvalue weighted by molar-refractivity contribution is 0.0792. The molecular formula is C11H12ClNO2. The Labute approximate surface area is 93.3 Å². The molecule has 0 saturated carbocycles. The Morgan fingerprint density at radius 3 is 2.93 bits per heavy atom. The third kappa shape index (κ3) is 2.23. The van der Waals surface area contributed by atoms with Crippen molar-refractivity contribution in [1.82, 2.24) is 4.90 Å². The van der Waals surface area contributed by atoms with E-state index in [4.69, 9.17) is 11.6 Å². The third-order valence-corrected chi connectivity index (χ3v) is 2.87. The molecule has 0 radical (unpaired) electrons. The molecule has 15 heavy (non-hydrogen) atoms. The van der Waals surface area contributed by atoms with E-state index in [9.17, 15) is 9.90 Å². The first kappa shape index (κ1) is 10.3. The highest BCUT2D eigenvalue weighted by molar-refractivity contribution is 6.21. The van der Waals surface area contributed by atoms with Gasteiger partial charge < -0.3 is 10.0 Å². The van der Waals surface area contributed by atoms with Gasteiger partial charge in [0.2, 0.25) is 0 Å². The summed E-state index contributed by atoms with van der Waals surface area (Å²) in [6, 6.07) is 6.38. The molecule has 1 saturated heterocycles. The quantitative estimate of drug-likeness (QED) is 0.741. The molecule has 0 bridgehead atoms. The van der Waals surface area contributed by atoms with Gasteiger partial charge in [0.1, 0.15) is 5.75 Å². The van der Waals surface area contributed by atoms with Crippen LogP contribution in [-0.2, 0) is 0 Å². The van der Waals surface area contributed by atoms with Crippen molar-refractivity contribution in [1.29, 1.82) is 0 Å². The molecular weight excluding hydrogens is 214 g/mol. The SMILES string of the molecule is O=C(c1cccc(O)c1)N1CCC(Cl)C1. The smallest absolute Gasteiger partial charge is 0.254 e. The summed E-state index contributed by atoms with van der Waals surface area (Å²) in [6.07, 6.45) is 0.839. The van der Waals surface area contributed by atoms with Crippen LogP contribution in [0.15, 0.2) is 24.3 Å². The average molecular weight is 226 g/mol. The highest BCUT2D eigenvalue weighted by atomic mass is 35.5. The van der Waals surface area contributed by atoms with E-state index in [1.165, 1.54) is 6.07 Å². The molecule has 0 aliphatic carbocycles. The van der Waals surface area contributed by atoms with Gasteiger partial charge >= 0.3 is 0 Å². The van der Waals surface area contributed by atoms with Crippen molar-refractivity contribution in [3.8, 4) is 5.75 Å². The zero-order valence-corrected chi connectivity index (χ0v) is 8.94. The summed E-state index contributed by atoms with van der Waals surface area (Å²) in [5.74, 6) is 0.0523. The molecule has 1 aromatic rings. The van der Waals surface area contributed by atoms with E-state index < -0.39 is 0 Å². The van der Waals surface area contributed by atoms with Gasteiger partial charge in [-0.3, -0.25) is 4.79 Å². The second-order valence-electron chi connectivity index (χ2n) is 3.69. The first-order valence-electron chi connectivity index (χ1n) is 4.89. The second kappa shape index (κ2) is 4.11. The molecule has 0 aromatic heterocycles. The maximum absolute atomic E-state index is 11.9. The fourth-order valence-corrected chi connectivity index (χ4v) is 1.99. The van der Waals surface area contributed by atoms with E-state index in [0.717, 1.165) is 6.42 Å². The van der Waals surface area contributed by atoms with Crippen LogP contribution in [-0.4, -0.2) is 34.4 Å².